The first-order valence-corrected chi connectivity index (χ1v) is 10.7. The molecule has 1 N–H and O–H groups in total. The van der Waals surface area contributed by atoms with Crippen LogP contribution in [0.3, 0.4) is 0 Å². The van der Waals surface area contributed by atoms with Crippen LogP contribution in [0.5, 0.6) is 5.75 Å². The molecule has 26 heavy (non-hydrogen) atoms. The van der Waals surface area contributed by atoms with E-state index in [2.05, 4.69) is 10.3 Å². The molecule has 0 aliphatic rings. The van der Waals surface area contributed by atoms with Crippen LogP contribution in [0, 0.1) is 0 Å². The number of sulfone groups is 1. The number of carbonyl (C=O) groups excluding carboxylic acids is 1. The number of nitrogens with one attached hydrogen (secondary N) is 1. The highest BCUT2D eigenvalue weighted by Crippen LogP contribution is 2.28. The maximum atomic E-state index is 12.1. The van der Waals surface area contributed by atoms with Gasteiger partial charge in [-0.2, -0.15) is 0 Å². The van der Waals surface area contributed by atoms with Crippen LogP contribution in [0.4, 0.5) is 5.13 Å². The molecule has 3 aromatic rings. The SMILES string of the molecule is CCc1cccc(OCC(=O)Nc2nc3ccc(S(C)(=O)=O)cc3s2)c1. The van der Waals surface area contributed by atoms with Crippen molar-refractivity contribution in [1.82, 2.24) is 4.98 Å². The normalized spacial score (nSPS) is 11.5. The fraction of sp³-hybridized carbons (Fsp3) is 0.222. The van der Waals surface area contributed by atoms with Crippen molar-refractivity contribution in [2.75, 3.05) is 18.2 Å². The number of fused-ring (bicyclic) bond motifs is 1. The van der Waals surface area contributed by atoms with Crippen LogP contribution >= 0.6 is 11.3 Å². The van der Waals surface area contributed by atoms with E-state index in [1.807, 2.05) is 25.1 Å². The summed E-state index contributed by atoms with van der Waals surface area (Å²) >= 11 is 1.22. The predicted octanol–water partition coefficient (Wildman–Crippen LogP) is 3.28. The Kier molecular flexibility index (Phi) is 5.24. The highest BCUT2D eigenvalue weighted by atomic mass is 32.2. The third kappa shape index (κ3) is 4.39. The number of thiazole rings is 1. The molecule has 1 heterocycles. The van der Waals surface area contributed by atoms with Gasteiger partial charge in [-0.3, -0.25) is 10.1 Å². The van der Waals surface area contributed by atoms with Gasteiger partial charge in [0.15, 0.2) is 21.6 Å². The van der Waals surface area contributed by atoms with Crippen molar-refractivity contribution in [2.45, 2.75) is 18.2 Å². The monoisotopic (exact) mass is 390 g/mol. The minimum absolute atomic E-state index is 0.127. The van der Waals surface area contributed by atoms with E-state index in [-0.39, 0.29) is 17.4 Å². The zero-order chi connectivity index (χ0) is 18.7. The number of ether oxygens (including phenoxy) is 1. The summed E-state index contributed by atoms with van der Waals surface area (Å²) in [5.41, 5.74) is 1.77. The molecule has 3 rings (SSSR count). The Hall–Kier alpha value is -2.45. The summed E-state index contributed by atoms with van der Waals surface area (Å²) in [6, 6.07) is 12.3. The van der Waals surface area contributed by atoms with Gasteiger partial charge in [-0.25, -0.2) is 13.4 Å². The number of rotatable bonds is 6. The van der Waals surface area contributed by atoms with Gasteiger partial charge in [-0.1, -0.05) is 30.4 Å². The fourth-order valence-electron chi connectivity index (χ4n) is 2.35. The van der Waals surface area contributed by atoms with Gasteiger partial charge < -0.3 is 4.74 Å². The Labute approximate surface area is 155 Å². The molecule has 8 heteroatoms. The van der Waals surface area contributed by atoms with Gasteiger partial charge >= 0.3 is 0 Å². The standard InChI is InChI=1S/C18H18N2O4S2/c1-3-12-5-4-6-13(9-12)24-11-17(21)20-18-19-15-8-7-14(26(2,22)23)10-16(15)25-18/h4-10H,3,11H2,1-2H3,(H,19,20,21). The van der Waals surface area contributed by atoms with Gasteiger partial charge in [0.1, 0.15) is 5.75 Å². The molecule has 1 amide bonds. The molecular formula is C18H18N2O4S2. The second-order valence-electron chi connectivity index (χ2n) is 5.76. The number of aromatic nitrogens is 1. The molecule has 0 bridgehead atoms. The van der Waals surface area contributed by atoms with Crippen molar-refractivity contribution in [2.24, 2.45) is 0 Å². The molecule has 0 saturated carbocycles. The topological polar surface area (TPSA) is 85.4 Å². The minimum atomic E-state index is -3.28. The van der Waals surface area contributed by atoms with Gasteiger partial charge in [-0.15, -0.1) is 0 Å². The van der Waals surface area contributed by atoms with Crippen LogP contribution in [0.25, 0.3) is 10.2 Å². The van der Waals surface area contributed by atoms with Crippen molar-refractivity contribution in [3.05, 3.63) is 48.0 Å². The molecule has 0 radical (unpaired) electrons. The lowest BCUT2D eigenvalue weighted by atomic mass is 10.2. The maximum Gasteiger partial charge on any atom is 0.264 e. The Morgan fingerprint density at radius 3 is 2.77 bits per heavy atom. The van der Waals surface area contributed by atoms with Crippen molar-refractivity contribution in [3.8, 4) is 5.75 Å². The van der Waals surface area contributed by atoms with Crippen LogP contribution in [0.2, 0.25) is 0 Å². The molecule has 6 nitrogen and oxygen atoms in total. The lowest BCUT2D eigenvalue weighted by molar-refractivity contribution is -0.118. The van der Waals surface area contributed by atoms with E-state index in [9.17, 15) is 13.2 Å². The van der Waals surface area contributed by atoms with Gasteiger partial charge in [0, 0.05) is 6.26 Å². The van der Waals surface area contributed by atoms with E-state index in [1.165, 1.54) is 17.4 Å². The second-order valence-corrected chi connectivity index (χ2v) is 8.80. The molecule has 0 fully saturated rings. The molecule has 0 spiro atoms. The largest absolute Gasteiger partial charge is 0.484 e. The van der Waals surface area contributed by atoms with E-state index >= 15 is 0 Å². The number of amides is 1. The number of hydrogen-bond donors (Lipinski definition) is 1. The van der Waals surface area contributed by atoms with E-state index in [1.54, 1.807) is 18.2 Å². The lowest BCUT2D eigenvalue weighted by Gasteiger charge is -2.06. The Balaban J connectivity index is 1.67. The van der Waals surface area contributed by atoms with E-state index in [0.29, 0.717) is 21.1 Å². The molecule has 0 aliphatic carbocycles. The predicted molar refractivity (Wildman–Crippen MR) is 103 cm³/mol. The lowest BCUT2D eigenvalue weighted by Crippen LogP contribution is -2.20. The van der Waals surface area contributed by atoms with Gasteiger partial charge in [-0.05, 0) is 42.3 Å². The van der Waals surface area contributed by atoms with Gasteiger partial charge in [0.05, 0.1) is 15.1 Å². The van der Waals surface area contributed by atoms with E-state index < -0.39 is 9.84 Å². The van der Waals surface area contributed by atoms with Crippen LogP contribution in [0.15, 0.2) is 47.4 Å². The smallest absolute Gasteiger partial charge is 0.264 e. The van der Waals surface area contributed by atoms with Crippen LogP contribution < -0.4 is 10.1 Å². The van der Waals surface area contributed by atoms with Crippen molar-refractivity contribution in [3.63, 3.8) is 0 Å². The number of nitrogens with zero attached hydrogens (tertiary/aromatic N) is 1. The van der Waals surface area contributed by atoms with Crippen LogP contribution in [-0.2, 0) is 21.1 Å². The third-order valence-electron chi connectivity index (χ3n) is 3.71. The van der Waals surface area contributed by atoms with E-state index in [4.69, 9.17) is 4.74 Å². The summed E-state index contributed by atoms with van der Waals surface area (Å²) in [5, 5.41) is 3.09. The molecule has 0 atom stereocenters. The first kappa shape index (κ1) is 18.3. The van der Waals surface area contributed by atoms with E-state index in [0.717, 1.165) is 18.2 Å². The minimum Gasteiger partial charge on any atom is -0.484 e. The second kappa shape index (κ2) is 7.43. The number of benzene rings is 2. The van der Waals surface area contributed by atoms with Crippen molar-refractivity contribution < 1.29 is 17.9 Å². The summed E-state index contributed by atoms with van der Waals surface area (Å²) in [7, 11) is -3.28. The maximum absolute atomic E-state index is 12.1. The summed E-state index contributed by atoms with van der Waals surface area (Å²) < 4.78 is 29.4. The summed E-state index contributed by atoms with van der Waals surface area (Å²) in [5.74, 6) is 0.316. The van der Waals surface area contributed by atoms with Crippen molar-refractivity contribution >= 4 is 42.4 Å². The average Bonchev–Trinajstić information content (AvgIpc) is 3.00. The zero-order valence-corrected chi connectivity index (χ0v) is 16.0. The third-order valence-corrected chi connectivity index (χ3v) is 5.75. The zero-order valence-electron chi connectivity index (χ0n) is 14.4. The number of hydrogen-bond acceptors (Lipinski definition) is 6. The Morgan fingerprint density at radius 2 is 2.04 bits per heavy atom. The highest BCUT2D eigenvalue weighted by Gasteiger charge is 2.12. The summed E-state index contributed by atoms with van der Waals surface area (Å²) in [6.45, 7) is 1.92. The fourth-order valence-corrected chi connectivity index (χ4v) is 3.99. The Morgan fingerprint density at radius 1 is 1.23 bits per heavy atom. The summed E-state index contributed by atoms with van der Waals surface area (Å²) in [6.07, 6.45) is 2.05. The quantitative estimate of drug-likeness (QED) is 0.698. The number of carbonyl (C=O) groups is 1. The average molecular weight is 390 g/mol. The molecule has 0 aliphatic heterocycles. The molecule has 0 unspecified atom stereocenters. The molecule has 2 aromatic carbocycles. The van der Waals surface area contributed by atoms with Crippen molar-refractivity contribution in [1.29, 1.82) is 0 Å². The van der Waals surface area contributed by atoms with Gasteiger partial charge in [0.25, 0.3) is 5.91 Å². The molecular weight excluding hydrogens is 372 g/mol. The first-order valence-electron chi connectivity index (χ1n) is 7.97. The Bertz CT molecular complexity index is 1060. The summed E-state index contributed by atoms with van der Waals surface area (Å²) in [4.78, 5) is 16.6. The first-order chi connectivity index (χ1) is 12.3. The number of anilines is 1. The van der Waals surface area contributed by atoms with Crippen LogP contribution in [-0.4, -0.2) is 32.2 Å². The highest BCUT2D eigenvalue weighted by molar-refractivity contribution is 7.90. The molecule has 136 valence electrons. The van der Waals surface area contributed by atoms with Crippen LogP contribution in [0.1, 0.15) is 12.5 Å². The van der Waals surface area contributed by atoms with Gasteiger partial charge in [0.2, 0.25) is 0 Å². The molecule has 1 aromatic heterocycles. The molecule has 0 saturated heterocycles. The number of aryl methyl sites for hydroxylation is 1.